The minimum absolute atomic E-state index is 0.0382. The summed E-state index contributed by atoms with van der Waals surface area (Å²) in [6, 6.07) is 11.1. The Morgan fingerprint density at radius 1 is 1.10 bits per heavy atom. The summed E-state index contributed by atoms with van der Waals surface area (Å²) in [5.41, 5.74) is 3.27. The van der Waals surface area contributed by atoms with Crippen molar-refractivity contribution in [2.45, 2.75) is 72.5 Å². The number of aromatic nitrogens is 2. The van der Waals surface area contributed by atoms with Crippen LogP contribution in [0.1, 0.15) is 66.4 Å². The molecule has 2 atom stereocenters. The number of allylic oxidation sites excluding steroid dienone is 3. The molecule has 0 spiro atoms. The first-order valence-corrected chi connectivity index (χ1v) is 13.5. The fraction of sp³-hybridized carbons (Fsp3) is 0.406. The Morgan fingerprint density at radius 3 is 2.44 bits per heavy atom. The monoisotopic (exact) mass is 530 g/mol. The molecule has 0 amide bonds. The van der Waals surface area contributed by atoms with Crippen LogP contribution < -0.4 is 4.74 Å². The van der Waals surface area contributed by atoms with Crippen molar-refractivity contribution in [1.29, 1.82) is 0 Å². The van der Waals surface area contributed by atoms with E-state index in [1.165, 1.54) is 4.57 Å². The lowest BCUT2D eigenvalue weighted by atomic mass is 9.85. The number of carbonyl (C=O) groups excluding carboxylic acids is 2. The molecule has 7 heteroatoms. The van der Waals surface area contributed by atoms with E-state index in [-0.39, 0.29) is 17.8 Å². The lowest BCUT2D eigenvalue weighted by Crippen LogP contribution is -2.32. The van der Waals surface area contributed by atoms with Gasteiger partial charge in [0.15, 0.2) is 5.78 Å². The van der Waals surface area contributed by atoms with Crippen molar-refractivity contribution in [2.75, 3.05) is 6.61 Å². The second-order valence-electron chi connectivity index (χ2n) is 11.2. The number of benzene rings is 1. The van der Waals surface area contributed by atoms with Crippen molar-refractivity contribution in [2.24, 2.45) is 5.92 Å². The highest BCUT2D eigenvalue weighted by atomic mass is 16.6. The summed E-state index contributed by atoms with van der Waals surface area (Å²) < 4.78 is 18.9. The Hall–Kier alpha value is -3.71. The molecule has 2 aromatic heterocycles. The van der Waals surface area contributed by atoms with Crippen LogP contribution in [0.5, 0.6) is 11.6 Å². The van der Waals surface area contributed by atoms with Gasteiger partial charge in [-0.2, -0.15) is 0 Å². The Kier molecular flexibility index (Phi) is 8.40. The van der Waals surface area contributed by atoms with E-state index in [0.29, 0.717) is 34.7 Å². The number of carbonyl (C=O) groups is 2. The van der Waals surface area contributed by atoms with Crippen molar-refractivity contribution in [3.63, 3.8) is 0 Å². The molecule has 39 heavy (non-hydrogen) atoms. The van der Waals surface area contributed by atoms with Gasteiger partial charge in [0.05, 0.1) is 17.0 Å². The molecule has 1 unspecified atom stereocenters. The minimum atomic E-state index is -0.608. The fourth-order valence-corrected chi connectivity index (χ4v) is 4.97. The van der Waals surface area contributed by atoms with Crippen LogP contribution in [0.4, 0.5) is 4.79 Å². The molecule has 1 aromatic carbocycles. The summed E-state index contributed by atoms with van der Waals surface area (Å²) in [6.07, 6.45) is 5.80. The molecule has 0 radical (unpaired) electrons. The van der Waals surface area contributed by atoms with Crippen LogP contribution >= 0.6 is 0 Å². The highest BCUT2D eigenvalue weighted by molar-refractivity contribution is 6.06. The molecule has 7 nitrogen and oxygen atoms in total. The molecule has 0 bridgehead atoms. The van der Waals surface area contributed by atoms with E-state index in [4.69, 9.17) is 14.2 Å². The maximum Gasteiger partial charge on any atom is 0.418 e. The molecule has 1 aliphatic rings. The summed E-state index contributed by atoms with van der Waals surface area (Å²) in [6.45, 7) is 16.1. The van der Waals surface area contributed by atoms with Crippen LogP contribution in [0.25, 0.3) is 16.5 Å². The van der Waals surface area contributed by atoms with Crippen LogP contribution in [0, 0.1) is 5.92 Å². The number of hydrogen-bond donors (Lipinski definition) is 0. The van der Waals surface area contributed by atoms with Gasteiger partial charge in [-0.05, 0) is 89.3 Å². The summed E-state index contributed by atoms with van der Waals surface area (Å²) in [7, 11) is 0. The number of Topliss-reactive ketones (excluding diaryl/α,β-unsaturated/α-hetero) is 1. The van der Waals surface area contributed by atoms with E-state index in [0.717, 1.165) is 36.0 Å². The fourth-order valence-electron chi connectivity index (χ4n) is 4.97. The minimum Gasteiger partial charge on any atom is -0.443 e. The lowest BCUT2D eigenvalue weighted by Gasteiger charge is -2.28. The molecule has 0 aliphatic carbocycles. The summed E-state index contributed by atoms with van der Waals surface area (Å²) in [4.78, 5) is 30.4. The van der Waals surface area contributed by atoms with Crippen molar-refractivity contribution in [3.05, 3.63) is 72.1 Å². The number of ketones is 1. The third-order valence-electron chi connectivity index (χ3n) is 6.89. The molecule has 1 fully saturated rings. The van der Waals surface area contributed by atoms with Gasteiger partial charge in [0.1, 0.15) is 11.4 Å². The lowest BCUT2D eigenvalue weighted by molar-refractivity contribution is -0.125. The first kappa shape index (κ1) is 28.3. The standard InChI is InChI=1S/C32H38N2O5/c1-20(2)28(22(4)29(35)21(3)27-10-8-9-19-37-27)23-11-13-24(14-12-23)38-30-25-16-18-34(26(25)15-17-33-30)31(36)39-32(5,6)7/h11-18,21,27H,1,8-10,19H2,2-7H3/b28-22+/t21-,27?/m1/s1. The normalized spacial score (nSPS) is 17.3. The summed E-state index contributed by atoms with van der Waals surface area (Å²) in [5.74, 6) is 0.844. The van der Waals surface area contributed by atoms with Crippen LogP contribution in [-0.2, 0) is 14.3 Å². The number of nitrogens with zero attached hydrogens (tertiary/aromatic N) is 2. The first-order chi connectivity index (χ1) is 18.5. The summed E-state index contributed by atoms with van der Waals surface area (Å²) in [5, 5.41) is 0.690. The zero-order chi connectivity index (χ0) is 28.3. The van der Waals surface area contributed by atoms with E-state index in [2.05, 4.69) is 11.6 Å². The van der Waals surface area contributed by atoms with Crippen molar-refractivity contribution >= 4 is 28.4 Å². The largest absolute Gasteiger partial charge is 0.443 e. The van der Waals surface area contributed by atoms with Gasteiger partial charge in [-0.1, -0.05) is 31.2 Å². The van der Waals surface area contributed by atoms with E-state index < -0.39 is 11.7 Å². The first-order valence-electron chi connectivity index (χ1n) is 13.5. The van der Waals surface area contributed by atoms with Crippen LogP contribution in [0.2, 0.25) is 0 Å². The highest BCUT2D eigenvalue weighted by Crippen LogP contribution is 2.33. The molecule has 1 saturated heterocycles. The second-order valence-corrected chi connectivity index (χ2v) is 11.2. The number of pyridine rings is 1. The molecule has 0 saturated carbocycles. The third kappa shape index (κ3) is 6.48. The van der Waals surface area contributed by atoms with Gasteiger partial charge in [0, 0.05) is 30.5 Å². The van der Waals surface area contributed by atoms with Gasteiger partial charge in [-0.3, -0.25) is 9.36 Å². The zero-order valence-electron chi connectivity index (χ0n) is 23.7. The van der Waals surface area contributed by atoms with E-state index in [1.54, 1.807) is 24.5 Å². The number of rotatable bonds is 7. The van der Waals surface area contributed by atoms with Gasteiger partial charge in [0.2, 0.25) is 5.88 Å². The second kappa shape index (κ2) is 11.6. The zero-order valence-corrected chi connectivity index (χ0v) is 23.7. The van der Waals surface area contributed by atoms with E-state index in [1.807, 2.05) is 65.8 Å². The molecular formula is C32H38N2O5. The quantitative estimate of drug-likeness (QED) is 0.230. The Labute approximate surface area is 230 Å². The molecule has 206 valence electrons. The average molecular weight is 531 g/mol. The number of fused-ring (bicyclic) bond motifs is 1. The van der Waals surface area contributed by atoms with Crippen molar-refractivity contribution < 1.29 is 23.8 Å². The molecule has 0 N–H and O–H groups in total. The average Bonchev–Trinajstić information content (AvgIpc) is 3.34. The SMILES string of the molecule is C=C(C)/C(=C(/C)C(=O)[C@H](C)C1CCCCO1)c1ccc(Oc2nccc3c2ccn3C(=O)OC(C)(C)C)cc1. The predicted octanol–water partition coefficient (Wildman–Crippen LogP) is 7.74. The maximum absolute atomic E-state index is 13.4. The predicted molar refractivity (Wildman–Crippen MR) is 153 cm³/mol. The smallest absolute Gasteiger partial charge is 0.418 e. The van der Waals surface area contributed by atoms with Crippen LogP contribution in [-0.4, -0.2) is 39.7 Å². The molecule has 4 rings (SSSR count). The maximum atomic E-state index is 13.4. The topological polar surface area (TPSA) is 79.7 Å². The third-order valence-corrected chi connectivity index (χ3v) is 6.89. The number of ether oxygens (including phenoxy) is 3. The van der Waals surface area contributed by atoms with Gasteiger partial charge in [-0.25, -0.2) is 9.78 Å². The van der Waals surface area contributed by atoms with Gasteiger partial charge in [-0.15, -0.1) is 0 Å². The van der Waals surface area contributed by atoms with Gasteiger partial charge in [0.25, 0.3) is 0 Å². The van der Waals surface area contributed by atoms with Crippen LogP contribution in [0.3, 0.4) is 0 Å². The van der Waals surface area contributed by atoms with Crippen molar-refractivity contribution in [1.82, 2.24) is 9.55 Å². The number of hydrogen-bond acceptors (Lipinski definition) is 6. The van der Waals surface area contributed by atoms with Crippen LogP contribution in [0.15, 0.2) is 66.5 Å². The molecule has 1 aliphatic heterocycles. The van der Waals surface area contributed by atoms with E-state index >= 15 is 0 Å². The van der Waals surface area contributed by atoms with Gasteiger partial charge >= 0.3 is 6.09 Å². The molecular weight excluding hydrogens is 492 g/mol. The van der Waals surface area contributed by atoms with Gasteiger partial charge < -0.3 is 14.2 Å². The van der Waals surface area contributed by atoms with Crippen molar-refractivity contribution in [3.8, 4) is 11.6 Å². The van der Waals surface area contributed by atoms with E-state index in [9.17, 15) is 9.59 Å². The Morgan fingerprint density at radius 2 is 1.82 bits per heavy atom. The molecule has 3 aromatic rings. The Bertz CT molecular complexity index is 1400. The summed E-state index contributed by atoms with van der Waals surface area (Å²) >= 11 is 0. The Balaban J connectivity index is 1.56. The highest BCUT2D eigenvalue weighted by Gasteiger charge is 2.29. The molecule has 3 heterocycles.